The van der Waals surface area contributed by atoms with Crippen LogP contribution in [0.25, 0.3) is 0 Å². The number of fused-ring (bicyclic) bond motifs is 1. The molecule has 1 aliphatic rings. The SMILES string of the molecule is COC(=O)c1cccc(NC(=S)N[C@H]2CC(C)(C)Oc3ccc(OC)cc32)c1. The van der Waals surface area contributed by atoms with Crippen molar-refractivity contribution in [2.75, 3.05) is 19.5 Å². The monoisotopic (exact) mass is 400 g/mol. The Morgan fingerprint density at radius 3 is 2.71 bits per heavy atom. The van der Waals surface area contributed by atoms with Gasteiger partial charge in [-0.05, 0) is 62.5 Å². The molecule has 148 valence electrons. The molecule has 0 saturated carbocycles. The van der Waals surface area contributed by atoms with Crippen molar-refractivity contribution in [1.82, 2.24) is 5.32 Å². The lowest BCUT2D eigenvalue weighted by Crippen LogP contribution is -2.42. The Morgan fingerprint density at radius 1 is 1.21 bits per heavy atom. The molecule has 0 aliphatic carbocycles. The first kappa shape index (κ1) is 19.9. The maximum absolute atomic E-state index is 11.7. The number of methoxy groups -OCH3 is 2. The maximum atomic E-state index is 11.7. The Morgan fingerprint density at radius 2 is 2.00 bits per heavy atom. The summed E-state index contributed by atoms with van der Waals surface area (Å²) in [6.07, 6.45) is 0.733. The lowest BCUT2D eigenvalue weighted by Gasteiger charge is -2.38. The molecule has 28 heavy (non-hydrogen) atoms. The molecule has 2 aromatic carbocycles. The molecule has 0 radical (unpaired) electrons. The summed E-state index contributed by atoms with van der Waals surface area (Å²) in [5, 5.41) is 6.95. The molecular weight excluding hydrogens is 376 g/mol. The zero-order valence-electron chi connectivity index (χ0n) is 16.4. The minimum atomic E-state index is -0.394. The molecule has 0 amide bonds. The van der Waals surface area contributed by atoms with Crippen LogP contribution in [0.2, 0.25) is 0 Å². The minimum Gasteiger partial charge on any atom is -0.497 e. The fourth-order valence-corrected chi connectivity index (χ4v) is 3.52. The number of nitrogens with one attached hydrogen (secondary N) is 2. The summed E-state index contributed by atoms with van der Waals surface area (Å²) in [7, 11) is 2.99. The van der Waals surface area contributed by atoms with Crippen LogP contribution >= 0.6 is 12.2 Å². The molecule has 0 saturated heterocycles. The van der Waals surface area contributed by atoms with Gasteiger partial charge in [-0.25, -0.2) is 4.79 Å². The summed E-state index contributed by atoms with van der Waals surface area (Å²) >= 11 is 5.51. The molecule has 3 rings (SSSR count). The first-order chi connectivity index (χ1) is 13.3. The van der Waals surface area contributed by atoms with Crippen molar-refractivity contribution >= 4 is 29.0 Å². The van der Waals surface area contributed by atoms with Crippen molar-refractivity contribution in [3.63, 3.8) is 0 Å². The molecule has 0 spiro atoms. The van der Waals surface area contributed by atoms with Gasteiger partial charge in [0.15, 0.2) is 5.11 Å². The van der Waals surface area contributed by atoms with E-state index in [-0.39, 0.29) is 11.6 Å². The zero-order valence-corrected chi connectivity index (χ0v) is 17.2. The first-order valence-electron chi connectivity index (χ1n) is 8.94. The van der Waals surface area contributed by atoms with E-state index in [1.54, 1.807) is 25.3 Å². The normalized spacial score (nSPS) is 16.9. The van der Waals surface area contributed by atoms with Crippen LogP contribution in [0.1, 0.15) is 42.2 Å². The molecule has 1 heterocycles. The van der Waals surface area contributed by atoms with E-state index in [2.05, 4.69) is 10.6 Å². The van der Waals surface area contributed by atoms with Crippen LogP contribution in [-0.2, 0) is 4.74 Å². The Bertz CT molecular complexity index is 898. The molecule has 0 unspecified atom stereocenters. The van der Waals surface area contributed by atoms with Gasteiger partial charge in [-0.1, -0.05) is 6.07 Å². The molecule has 1 atom stereocenters. The molecule has 0 aromatic heterocycles. The topological polar surface area (TPSA) is 68.8 Å². The Hall–Kier alpha value is -2.80. The van der Waals surface area contributed by atoms with Gasteiger partial charge in [0.25, 0.3) is 0 Å². The van der Waals surface area contributed by atoms with E-state index in [1.807, 2.05) is 38.1 Å². The third kappa shape index (κ3) is 4.54. The fourth-order valence-electron chi connectivity index (χ4n) is 3.26. The van der Waals surface area contributed by atoms with Gasteiger partial charge in [-0.15, -0.1) is 0 Å². The minimum absolute atomic E-state index is 0.0439. The van der Waals surface area contributed by atoms with Crippen molar-refractivity contribution in [2.24, 2.45) is 0 Å². The van der Waals surface area contributed by atoms with E-state index in [1.165, 1.54) is 7.11 Å². The molecule has 2 aromatic rings. The van der Waals surface area contributed by atoms with Gasteiger partial charge >= 0.3 is 5.97 Å². The van der Waals surface area contributed by atoms with Crippen LogP contribution in [-0.4, -0.2) is 30.9 Å². The van der Waals surface area contributed by atoms with Gasteiger partial charge in [0.05, 0.1) is 25.8 Å². The van der Waals surface area contributed by atoms with E-state index in [0.717, 1.165) is 23.5 Å². The highest BCUT2D eigenvalue weighted by Gasteiger charge is 2.34. The number of benzene rings is 2. The van der Waals surface area contributed by atoms with Crippen molar-refractivity contribution < 1.29 is 19.0 Å². The largest absolute Gasteiger partial charge is 0.497 e. The number of rotatable bonds is 4. The fraction of sp³-hybridized carbons (Fsp3) is 0.333. The summed E-state index contributed by atoms with van der Waals surface area (Å²) < 4.78 is 16.2. The van der Waals surface area contributed by atoms with E-state index in [9.17, 15) is 4.79 Å². The van der Waals surface area contributed by atoms with Crippen molar-refractivity contribution in [1.29, 1.82) is 0 Å². The zero-order chi connectivity index (χ0) is 20.3. The van der Waals surface area contributed by atoms with Crippen molar-refractivity contribution in [2.45, 2.75) is 31.9 Å². The van der Waals surface area contributed by atoms with Gasteiger partial charge < -0.3 is 24.8 Å². The summed E-state index contributed by atoms with van der Waals surface area (Å²) in [5.41, 5.74) is 1.82. The van der Waals surface area contributed by atoms with Crippen LogP contribution in [0, 0.1) is 0 Å². The lowest BCUT2D eigenvalue weighted by molar-refractivity contribution is 0.0600. The van der Waals surface area contributed by atoms with Crippen LogP contribution in [0.3, 0.4) is 0 Å². The molecule has 7 heteroatoms. The van der Waals surface area contributed by atoms with Gasteiger partial charge in [-0.3, -0.25) is 0 Å². The number of anilines is 1. The summed E-state index contributed by atoms with van der Waals surface area (Å²) in [4.78, 5) is 11.7. The van der Waals surface area contributed by atoms with E-state index >= 15 is 0 Å². The Labute approximate surface area is 170 Å². The Balaban J connectivity index is 1.78. The van der Waals surface area contributed by atoms with Gasteiger partial charge in [0.1, 0.15) is 17.1 Å². The molecule has 0 fully saturated rings. The number of esters is 1. The molecule has 0 bridgehead atoms. The van der Waals surface area contributed by atoms with E-state index in [0.29, 0.717) is 16.4 Å². The highest BCUT2D eigenvalue weighted by Crippen LogP contribution is 2.41. The average Bonchev–Trinajstić information content (AvgIpc) is 2.66. The smallest absolute Gasteiger partial charge is 0.337 e. The van der Waals surface area contributed by atoms with E-state index < -0.39 is 5.97 Å². The quantitative estimate of drug-likeness (QED) is 0.592. The molecule has 6 nitrogen and oxygen atoms in total. The summed E-state index contributed by atoms with van der Waals surface area (Å²) in [6.45, 7) is 4.09. The van der Waals surface area contributed by atoms with Gasteiger partial charge in [0.2, 0.25) is 0 Å². The second kappa shape index (κ2) is 8.06. The van der Waals surface area contributed by atoms with Gasteiger partial charge in [-0.2, -0.15) is 0 Å². The third-order valence-corrected chi connectivity index (χ3v) is 4.74. The second-order valence-electron chi connectivity index (χ2n) is 7.19. The van der Waals surface area contributed by atoms with Crippen LogP contribution in [0.15, 0.2) is 42.5 Å². The van der Waals surface area contributed by atoms with Crippen molar-refractivity contribution in [3.05, 3.63) is 53.6 Å². The maximum Gasteiger partial charge on any atom is 0.337 e. The molecule has 2 N–H and O–H groups in total. The number of hydrogen-bond acceptors (Lipinski definition) is 5. The highest BCUT2D eigenvalue weighted by molar-refractivity contribution is 7.80. The molecule has 1 aliphatic heterocycles. The number of hydrogen-bond donors (Lipinski definition) is 2. The van der Waals surface area contributed by atoms with Gasteiger partial charge in [0, 0.05) is 17.7 Å². The first-order valence-corrected chi connectivity index (χ1v) is 9.35. The predicted molar refractivity (Wildman–Crippen MR) is 112 cm³/mol. The number of thiocarbonyl (C=S) groups is 1. The van der Waals surface area contributed by atoms with E-state index in [4.69, 9.17) is 26.4 Å². The molecular formula is C21H24N2O4S. The summed E-state index contributed by atoms with van der Waals surface area (Å²) in [6, 6.07) is 12.7. The standard InChI is InChI=1S/C21H24N2O4S/c1-21(2)12-17(16-11-15(25-3)8-9-18(16)27-21)23-20(28)22-14-7-5-6-13(10-14)19(24)26-4/h5-11,17H,12H2,1-4H3,(H2,22,23,28)/t17-/m0/s1. The number of carbonyl (C=O) groups is 1. The van der Waals surface area contributed by atoms with Crippen LogP contribution in [0.5, 0.6) is 11.5 Å². The van der Waals surface area contributed by atoms with Crippen LogP contribution < -0.4 is 20.1 Å². The number of ether oxygens (including phenoxy) is 3. The Kier molecular flexibility index (Phi) is 5.74. The predicted octanol–water partition coefficient (Wildman–Crippen LogP) is 4.07. The number of carbonyl (C=O) groups excluding carboxylic acids is 1. The second-order valence-corrected chi connectivity index (χ2v) is 7.60. The summed E-state index contributed by atoms with van der Waals surface area (Å²) in [5.74, 6) is 1.18. The average molecular weight is 401 g/mol. The van der Waals surface area contributed by atoms with Crippen molar-refractivity contribution in [3.8, 4) is 11.5 Å². The lowest BCUT2D eigenvalue weighted by atomic mass is 9.89. The third-order valence-electron chi connectivity index (χ3n) is 4.52. The van der Waals surface area contributed by atoms with Crippen LogP contribution in [0.4, 0.5) is 5.69 Å². The highest BCUT2D eigenvalue weighted by atomic mass is 32.1.